The van der Waals surface area contributed by atoms with Crippen LogP contribution in [0.5, 0.6) is 11.5 Å². The molecule has 0 atom stereocenters. The minimum absolute atomic E-state index is 0.136. The number of carbonyl (C=O) groups excluding carboxylic acids is 2. The molecule has 0 saturated carbocycles. The van der Waals surface area contributed by atoms with E-state index in [1.807, 2.05) is 32.0 Å². The zero-order valence-corrected chi connectivity index (χ0v) is 22.8. The summed E-state index contributed by atoms with van der Waals surface area (Å²) in [5.41, 5.74) is 2.56. The van der Waals surface area contributed by atoms with Gasteiger partial charge in [0.25, 0.3) is 11.8 Å². The summed E-state index contributed by atoms with van der Waals surface area (Å²) in [5.74, 6) is 0.0655. The number of hydrogen-bond donors (Lipinski definition) is 2. The van der Waals surface area contributed by atoms with Gasteiger partial charge in [-0.3, -0.25) is 9.59 Å². The molecule has 0 aliphatic carbocycles. The third kappa shape index (κ3) is 7.70. The number of rotatable bonds is 9. The second-order valence-electron chi connectivity index (χ2n) is 7.59. The second kappa shape index (κ2) is 12.9. The Morgan fingerprint density at radius 2 is 1.61 bits per heavy atom. The Hall–Kier alpha value is -3.61. The first-order valence-electron chi connectivity index (χ1n) is 10.9. The molecule has 3 rings (SSSR count). The largest absolute Gasteiger partial charge is 0.494 e. The third-order valence-corrected chi connectivity index (χ3v) is 5.86. The smallest absolute Gasteiger partial charge is 0.266 e. The molecule has 0 fully saturated rings. The average Bonchev–Trinajstić information content (AvgIpc) is 2.84. The SMILES string of the molecule is CCOc1ccc(NC(=O)/C(C#N)=C/c2cc(Br)cc(Br)c2OCC(=O)Nc2ccc(C)cc2)cc1. The highest BCUT2D eigenvalue weighted by molar-refractivity contribution is 9.11. The molecule has 0 bridgehead atoms. The topological polar surface area (TPSA) is 100 Å². The number of benzene rings is 3. The Kier molecular flexibility index (Phi) is 9.68. The Balaban J connectivity index is 1.76. The lowest BCUT2D eigenvalue weighted by molar-refractivity contribution is -0.118. The van der Waals surface area contributed by atoms with Gasteiger partial charge < -0.3 is 20.1 Å². The van der Waals surface area contributed by atoms with Crippen molar-refractivity contribution in [1.82, 2.24) is 0 Å². The molecule has 0 saturated heterocycles. The number of aryl methyl sites for hydroxylation is 1. The molecular weight excluding hydrogens is 590 g/mol. The maximum atomic E-state index is 12.8. The van der Waals surface area contributed by atoms with Gasteiger partial charge in [-0.15, -0.1) is 0 Å². The van der Waals surface area contributed by atoms with Gasteiger partial charge in [0.05, 0.1) is 11.1 Å². The van der Waals surface area contributed by atoms with E-state index in [9.17, 15) is 14.9 Å². The highest BCUT2D eigenvalue weighted by atomic mass is 79.9. The van der Waals surface area contributed by atoms with Gasteiger partial charge in [-0.2, -0.15) is 5.26 Å². The Bertz CT molecular complexity index is 1310. The number of ether oxygens (including phenoxy) is 2. The monoisotopic (exact) mass is 611 g/mol. The minimum atomic E-state index is -0.583. The predicted octanol–water partition coefficient (Wildman–Crippen LogP) is 6.48. The van der Waals surface area contributed by atoms with E-state index >= 15 is 0 Å². The lowest BCUT2D eigenvalue weighted by Crippen LogP contribution is -2.20. The van der Waals surface area contributed by atoms with Crippen LogP contribution in [0.1, 0.15) is 18.1 Å². The van der Waals surface area contributed by atoms with Gasteiger partial charge in [-0.05, 0) is 84.4 Å². The van der Waals surface area contributed by atoms with Crippen LogP contribution in [0.3, 0.4) is 0 Å². The van der Waals surface area contributed by atoms with Crippen LogP contribution >= 0.6 is 31.9 Å². The van der Waals surface area contributed by atoms with Crippen LogP contribution in [-0.2, 0) is 9.59 Å². The standard InChI is InChI=1S/C27H23Br2N3O4/c1-3-35-23-10-8-22(9-11-23)32-27(34)19(15-30)12-18-13-20(28)14-24(29)26(18)36-16-25(33)31-21-6-4-17(2)5-7-21/h4-14H,3,16H2,1-2H3,(H,31,33)(H,32,34)/b19-12+. The van der Waals surface area contributed by atoms with Crippen molar-refractivity contribution in [3.63, 3.8) is 0 Å². The van der Waals surface area contributed by atoms with Gasteiger partial charge in [0, 0.05) is 21.4 Å². The van der Waals surface area contributed by atoms with E-state index in [2.05, 4.69) is 42.5 Å². The Morgan fingerprint density at radius 3 is 2.25 bits per heavy atom. The first kappa shape index (κ1) is 27.0. The van der Waals surface area contributed by atoms with E-state index in [1.165, 1.54) is 6.08 Å². The number of nitrogens with zero attached hydrogens (tertiary/aromatic N) is 1. The summed E-state index contributed by atoms with van der Waals surface area (Å²) >= 11 is 6.84. The van der Waals surface area contributed by atoms with Gasteiger partial charge in [0.2, 0.25) is 0 Å². The van der Waals surface area contributed by atoms with Gasteiger partial charge in [0.15, 0.2) is 6.61 Å². The van der Waals surface area contributed by atoms with Gasteiger partial charge in [-0.25, -0.2) is 0 Å². The molecule has 184 valence electrons. The molecule has 0 aromatic heterocycles. The molecule has 0 spiro atoms. The normalized spacial score (nSPS) is 10.8. The molecule has 9 heteroatoms. The molecule has 2 amide bonds. The van der Waals surface area contributed by atoms with E-state index in [1.54, 1.807) is 48.5 Å². The van der Waals surface area contributed by atoms with Crippen molar-refractivity contribution in [1.29, 1.82) is 5.26 Å². The van der Waals surface area contributed by atoms with Crippen LogP contribution in [0, 0.1) is 18.3 Å². The van der Waals surface area contributed by atoms with Crippen LogP contribution in [0.4, 0.5) is 11.4 Å². The molecule has 7 nitrogen and oxygen atoms in total. The first-order chi connectivity index (χ1) is 17.3. The molecular formula is C27H23Br2N3O4. The maximum Gasteiger partial charge on any atom is 0.266 e. The molecule has 3 aromatic rings. The van der Waals surface area contributed by atoms with E-state index in [-0.39, 0.29) is 18.1 Å². The number of nitriles is 1. The fraction of sp³-hybridized carbons (Fsp3) is 0.148. The summed E-state index contributed by atoms with van der Waals surface area (Å²) < 4.78 is 12.4. The van der Waals surface area contributed by atoms with Crippen molar-refractivity contribution >= 4 is 61.1 Å². The molecule has 0 heterocycles. The van der Waals surface area contributed by atoms with Crippen LogP contribution in [0.2, 0.25) is 0 Å². The average molecular weight is 613 g/mol. The van der Waals surface area contributed by atoms with Crippen LogP contribution in [-0.4, -0.2) is 25.0 Å². The third-order valence-electron chi connectivity index (χ3n) is 4.81. The molecule has 3 aromatic carbocycles. The van der Waals surface area contributed by atoms with Gasteiger partial charge in [-0.1, -0.05) is 33.6 Å². The minimum Gasteiger partial charge on any atom is -0.494 e. The molecule has 36 heavy (non-hydrogen) atoms. The number of hydrogen-bond acceptors (Lipinski definition) is 5. The highest BCUT2D eigenvalue weighted by Crippen LogP contribution is 2.34. The van der Waals surface area contributed by atoms with Crippen LogP contribution in [0.15, 0.2) is 75.2 Å². The maximum absolute atomic E-state index is 12.8. The van der Waals surface area contributed by atoms with E-state index in [4.69, 9.17) is 9.47 Å². The summed E-state index contributed by atoms with van der Waals surface area (Å²) in [6.45, 7) is 4.11. The quantitative estimate of drug-likeness (QED) is 0.213. The number of halogens is 2. The molecule has 0 aliphatic heterocycles. The van der Waals surface area contributed by atoms with E-state index in [0.717, 1.165) is 5.56 Å². The Labute approximate surface area is 226 Å². The fourth-order valence-corrected chi connectivity index (χ4v) is 4.49. The molecule has 0 radical (unpaired) electrons. The van der Waals surface area contributed by atoms with Crippen molar-refractivity contribution in [3.8, 4) is 17.6 Å². The summed E-state index contributed by atoms with van der Waals surface area (Å²) in [6.07, 6.45) is 1.41. The lowest BCUT2D eigenvalue weighted by atomic mass is 10.1. The molecule has 0 aliphatic rings. The fourth-order valence-electron chi connectivity index (χ4n) is 3.12. The zero-order chi connectivity index (χ0) is 26.1. The lowest BCUT2D eigenvalue weighted by Gasteiger charge is -2.13. The van der Waals surface area contributed by atoms with Crippen molar-refractivity contribution in [3.05, 3.63) is 86.3 Å². The van der Waals surface area contributed by atoms with Crippen LogP contribution < -0.4 is 20.1 Å². The molecule has 2 N–H and O–H groups in total. The number of anilines is 2. The predicted molar refractivity (Wildman–Crippen MR) is 147 cm³/mol. The van der Waals surface area contributed by atoms with Crippen molar-refractivity contribution in [2.45, 2.75) is 13.8 Å². The first-order valence-corrected chi connectivity index (χ1v) is 12.5. The number of nitrogens with one attached hydrogen (secondary N) is 2. The molecule has 0 unspecified atom stereocenters. The summed E-state index contributed by atoms with van der Waals surface area (Å²) in [7, 11) is 0. The summed E-state index contributed by atoms with van der Waals surface area (Å²) in [4.78, 5) is 25.2. The number of carbonyl (C=O) groups is 2. The highest BCUT2D eigenvalue weighted by Gasteiger charge is 2.15. The van der Waals surface area contributed by atoms with Crippen LogP contribution in [0.25, 0.3) is 6.08 Å². The van der Waals surface area contributed by atoms with Crippen molar-refractivity contribution in [2.24, 2.45) is 0 Å². The summed E-state index contributed by atoms with van der Waals surface area (Å²) in [6, 6.07) is 19.6. The second-order valence-corrected chi connectivity index (χ2v) is 9.36. The summed E-state index contributed by atoms with van der Waals surface area (Å²) in [5, 5.41) is 15.1. The van der Waals surface area contributed by atoms with Crippen molar-refractivity contribution < 1.29 is 19.1 Å². The number of amides is 2. The van der Waals surface area contributed by atoms with E-state index < -0.39 is 5.91 Å². The zero-order valence-electron chi connectivity index (χ0n) is 19.6. The van der Waals surface area contributed by atoms with Gasteiger partial charge in [0.1, 0.15) is 23.1 Å². The van der Waals surface area contributed by atoms with Gasteiger partial charge >= 0.3 is 0 Å². The van der Waals surface area contributed by atoms with Crippen molar-refractivity contribution in [2.75, 3.05) is 23.8 Å². The van der Waals surface area contributed by atoms with E-state index in [0.29, 0.717) is 44.0 Å². The Morgan fingerprint density at radius 1 is 0.972 bits per heavy atom.